The van der Waals surface area contributed by atoms with E-state index in [4.69, 9.17) is 0 Å². The van der Waals surface area contributed by atoms with Crippen LogP contribution in [0.1, 0.15) is 85.0 Å². The monoisotopic (exact) mass is 376 g/mol. The van der Waals surface area contributed by atoms with E-state index >= 15 is 0 Å². The smallest absolute Gasteiger partial charge is 0.120 e. The zero-order chi connectivity index (χ0) is 19.4. The van der Waals surface area contributed by atoms with Gasteiger partial charge in [-0.2, -0.15) is 0 Å². The van der Waals surface area contributed by atoms with Crippen molar-refractivity contribution in [1.29, 1.82) is 0 Å². The van der Waals surface area contributed by atoms with Crippen LogP contribution in [0.5, 0.6) is 0 Å². The molecule has 4 aliphatic carbocycles. The van der Waals surface area contributed by atoms with Crippen LogP contribution in [0.3, 0.4) is 0 Å². The van der Waals surface area contributed by atoms with Crippen LogP contribution in [-0.2, 0) is 4.79 Å². The molecule has 0 aromatic rings. The summed E-state index contributed by atoms with van der Waals surface area (Å²) in [6, 6.07) is 0. The van der Waals surface area contributed by atoms with Gasteiger partial charge in [-0.05, 0) is 104 Å². The Labute approximate surface area is 165 Å². The molecule has 3 heteroatoms. The van der Waals surface area contributed by atoms with Gasteiger partial charge in [0.1, 0.15) is 6.29 Å². The summed E-state index contributed by atoms with van der Waals surface area (Å²) in [7, 11) is 0. The third-order valence-electron chi connectivity index (χ3n) is 10.2. The molecule has 4 saturated carbocycles. The van der Waals surface area contributed by atoms with Gasteiger partial charge in [0.15, 0.2) is 0 Å². The number of hydrogen-bond acceptors (Lipinski definition) is 3. The van der Waals surface area contributed by atoms with Crippen LogP contribution >= 0.6 is 0 Å². The third-order valence-corrected chi connectivity index (χ3v) is 10.2. The molecule has 0 bridgehead atoms. The van der Waals surface area contributed by atoms with Gasteiger partial charge in [-0.1, -0.05) is 20.8 Å². The summed E-state index contributed by atoms with van der Waals surface area (Å²) in [6.45, 7) is 7.34. The lowest BCUT2D eigenvalue weighted by atomic mass is 9.43. The van der Waals surface area contributed by atoms with Gasteiger partial charge in [-0.25, -0.2) is 0 Å². The van der Waals surface area contributed by atoms with Gasteiger partial charge in [-0.3, -0.25) is 0 Å². The Hall–Kier alpha value is -0.410. The van der Waals surface area contributed by atoms with Gasteiger partial charge in [0, 0.05) is 6.42 Å². The van der Waals surface area contributed by atoms with E-state index in [1.807, 2.05) is 0 Å². The van der Waals surface area contributed by atoms with Gasteiger partial charge in [0.05, 0.1) is 12.2 Å². The summed E-state index contributed by atoms with van der Waals surface area (Å²) >= 11 is 0. The van der Waals surface area contributed by atoms with Crippen LogP contribution < -0.4 is 0 Å². The van der Waals surface area contributed by atoms with Crippen molar-refractivity contribution in [2.24, 2.45) is 46.3 Å². The number of carbonyl (C=O) groups excluding carboxylic acids is 1. The summed E-state index contributed by atoms with van der Waals surface area (Å²) in [4.78, 5) is 10.9. The Morgan fingerprint density at radius 1 is 1.00 bits per heavy atom. The lowest BCUT2D eigenvalue weighted by Crippen LogP contribution is -2.58. The topological polar surface area (TPSA) is 57.5 Å². The first-order valence-corrected chi connectivity index (χ1v) is 11.6. The van der Waals surface area contributed by atoms with E-state index in [2.05, 4.69) is 20.8 Å². The van der Waals surface area contributed by atoms with E-state index in [0.29, 0.717) is 52.8 Å². The minimum absolute atomic E-state index is 0.157. The maximum absolute atomic E-state index is 11.2. The molecule has 3 nitrogen and oxygen atoms in total. The molecule has 0 aliphatic heterocycles. The zero-order valence-corrected chi connectivity index (χ0v) is 17.6. The SMILES string of the molecule is C[C@H](CCC=O)C1CC[C@H]2[C@@H]3[C@H](O)C[C@@H]4C[C@H](O)CC[C@]4(C)[C@H]3CC[C@]12C. The van der Waals surface area contributed by atoms with E-state index in [9.17, 15) is 15.0 Å². The molecule has 0 aromatic carbocycles. The normalized spacial score (nSPS) is 53.1. The van der Waals surface area contributed by atoms with Crippen LogP contribution in [-0.4, -0.2) is 28.7 Å². The Bertz CT molecular complexity index is 562. The van der Waals surface area contributed by atoms with Gasteiger partial charge in [-0.15, -0.1) is 0 Å². The number of carbonyl (C=O) groups is 1. The van der Waals surface area contributed by atoms with Crippen LogP contribution in [0.4, 0.5) is 0 Å². The van der Waals surface area contributed by atoms with Crippen molar-refractivity contribution in [3.05, 3.63) is 0 Å². The predicted octanol–water partition coefficient (Wildman–Crippen LogP) is 4.59. The average molecular weight is 377 g/mol. The number of hydrogen-bond donors (Lipinski definition) is 2. The molecule has 2 N–H and O–H groups in total. The predicted molar refractivity (Wildman–Crippen MR) is 107 cm³/mol. The highest BCUT2D eigenvalue weighted by Gasteiger charge is 2.62. The molecule has 4 rings (SSSR count). The maximum atomic E-state index is 11.2. The average Bonchev–Trinajstić information content (AvgIpc) is 2.98. The molecular formula is C24H40O3. The second kappa shape index (κ2) is 7.13. The second-order valence-corrected chi connectivity index (χ2v) is 11.2. The minimum atomic E-state index is -0.188. The highest BCUT2D eigenvalue weighted by molar-refractivity contribution is 5.49. The van der Waals surface area contributed by atoms with Gasteiger partial charge in [0.25, 0.3) is 0 Å². The molecule has 4 fully saturated rings. The van der Waals surface area contributed by atoms with E-state index in [-0.39, 0.29) is 12.2 Å². The fourth-order valence-electron chi connectivity index (χ4n) is 8.71. The maximum Gasteiger partial charge on any atom is 0.120 e. The fourth-order valence-corrected chi connectivity index (χ4v) is 8.71. The van der Waals surface area contributed by atoms with E-state index in [1.165, 1.54) is 25.7 Å². The van der Waals surface area contributed by atoms with E-state index in [1.54, 1.807) is 0 Å². The quantitative estimate of drug-likeness (QED) is 0.706. The molecule has 0 saturated heterocycles. The van der Waals surface area contributed by atoms with Crippen molar-refractivity contribution in [3.8, 4) is 0 Å². The van der Waals surface area contributed by atoms with Crippen molar-refractivity contribution in [3.63, 3.8) is 0 Å². The molecule has 0 radical (unpaired) electrons. The summed E-state index contributed by atoms with van der Waals surface area (Å²) in [6.07, 6.45) is 11.4. The summed E-state index contributed by atoms with van der Waals surface area (Å²) < 4.78 is 0. The van der Waals surface area contributed by atoms with Gasteiger partial charge in [0.2, 0.25) is 0 Å². The number of aliphatic hydroxyl groups is 2. The molecule has 0 heterocycles. The lowest BCUT2D eigenvalue weighted by molar-refractivity contribution is -0.174. The van der Waals surface area contributed by atoms with E-state index in [0.717, 1.165) is 38.4 Å². The largest absolute Gasteiger partial charge is 0.393 e. The summed E-state index contributed by atoms with van der Waals surface area (Å²) in [5, 5.41) is 21.4. The first kappa shape index (κ1) is 19.9. The van der Waals surface area contributed by atoms with E-state index < -0.39 is 0 Å². The van der Waals surface area contributed by atoms with Crippen LogP contribution in [0.25, 0.3) is 0 Å². The lowest BCUT2D eigenvalue weighted by Gasteiger charge is -2.62. The van der Waals surface area contributed by atoms with Crippen molar-refractivity contribution < 1.29 is 15.0 Å². The number of aldehydes is 1. The highest BCUT2D eigenvalue weighted by atomic mass is 16.3. The standard InChI is InChI=1S/C24H40O3/c1-15(5-4-12-25)18-6-7-19-22-20(9-11-24(18,19)3)23(2)10-8-17(26)13-16(23)14-21(22)27/h12,15-22,26-27H,4-11,13-14H2,1-3H3/t15-,16+,17-,18?,19+,20+,21-,22+,23+,24-/m1/s1. The molecule has 27 heavy (non-hydrogen) atoms. The van der Waals surface area contributed by atoms with Crippen molar-refractivity contribution in [1.82, 2.24) is 0 Å². The Morgan fingerprint density at radius 2 is 1.70 bits per heavy atom. The second-order valence-electron chi connectivity index (χ2n) is 11.2. The first-order chi connectivity index (χ1) is 12.8. The number of rotatable bonds is 4. The van der Waals surface area contributed by atoms with Gasteiger partial charge >= 0.3 is 0 Å². The van der Waals surface area contributed by atoms with Crippen LogP contribution in [0, 0.1) is 46.3 Å². The summed E-state index contributed by atoms with van der Waals surface area (Å²) in [5.41, 5.74) is 0.646. The van der Waals surface area contributed by atoms with Gasteiger partial charge < -0.3 is 15.0 Å². The zero-order valence-electron chi connectivity index (χ0n) is 17.6. The van der Waals surface area contributed by atoms with Crippen molar-refractivity contribution in [2.45, 2.75) is 97.2 Å². The molecular weight excluding hydrogens is 336 g/mol. The minimum Gasteiger partial charge on any atom is -0.393 e. The molecule has 1 unspecified atom stereocenters. The molecule has 0 spiro atoms. The third kappa shape index (κ3) is 3.03. The number of aliphatic hydroxyl groups excluding tert-OH is 2. The van der Waals surface area contributed by atoms with Crippen molar-refractivity contribution in [2.75, 3.05) is 0 Å². The molecule has 154 valence electrons. The van der Waals surface area contributed by atoms with Crippen LogP contribution in [0.15, 0.2) is 0 Å². The molecule has 0 amide bonds. The Balaban J connectivity index is 1.58. The Kier molecular flexibility index (Phi) is 5.25. The molecule has 4 aliphatic rings. The Morgan fingerprint density at radius 3 is 2.44 bits per heavy atom. The van der Waals surface area contributed by atoms with Crippen LogP contribution in [0.2, 0.25) is 0 Å². The highest BCUT2D eigenvalue weighted by Crippen LogP contribution is 2.68. The fraction of sp³-hybridized carbons (Fsp3) is 0.958. The molecule has 10 atom stereocenters. The molecule has 0 aromatic heterocycles. The summed E-state index contributed by atoms with van der Waals surface area (Å²) in [5.74, 6) is 3.51. The number of fused-ring (bicyclic) bond motifs is 5. The first-order valence-electron chi connectivity index (χ1n) is 11.6. The van der Waals surface area contributed by atoms with Crippen molar-refractivity contribution >= 4 is 6.29 Å².